The molecule has 18 heavy (non-hydrogen) atoms. The molecule has 0 radical (unpaired) electrons. The van der Waals surface area contributed by atoms with Gasteiger partial charge in [0.1, 0.15) is 24.3 Å². The first-order valence-electron chi connectivity index (χ1n) is 4.76. The molecule has 0 aliphatic rings. The predicted octanol–water partition coefficient (Wildman–Crippen LogP) is 3.05. The molecule has 8 heteroatoms. The van der Waals surface area contributed by atoms with Crippen molar-refractivity contribution in [3.05, 3.63) is 23.0 Å². The van der Waals surface area contributed by atoms with E-state index in [9.17, 15) is 13.2 Å². The van der Waals surface area contributed by atoms with Gasteiger partial charge in [-0.2, -0.15) is 13.2 Å². The molecular formula is C10H10ClF3N2O2. The van der Waals surface area contributed by atoms with E-state index in [1.807, 2.05) is 0 Å². The Morgan fingerprint density at radius 2 is 2.17 bits per heavy atom. The Morgan fingerprint density at radius 3 is 2.67 bits per heavy atom. The molecule has 1 aromatic rings. The van der Waals surface area contributed by atoms with Crippen molar-refractivity contribution in [1.82, 2.24) is 4.98 Å². The smallest absolute Gasteiger partial charge is 0.422 e. The van der Waals surface area contributed by atoms with Crippen molar-refractivity contribution in [3.8, 4) is 5.75 Å². The van der Waals surface area contributed by atoms with Crippen LogP contribution in [0.4, 0.5) is 13.2 Å². The topological polar surface area (TPSA) is 43.7 Å². The van der Waals surface area contributed by atoms with Crippen LogP contribution in [0, 0.1) is 0 Å². The van der Waals surface area contributed by atoms with Crippen molar-refractivity contribution in [2.24, 2.45) is 5.16 Å². The molecule has 100 valence electrons. The van der Waals surface area contributed by atoms with Crippen LogP contribution in [0.25, 0.3) is 0 Å². The average molecular weight is 283 g/mol. The first kappa shape index (κ1) is 14.6. The van der Waals surface area contributed by atoms with E-state index in [-0.39, 0.29) is 10.8 Å². The minimum atomic E-state index is -4.40. The Morgan fingerprint density at radius 1 is 1.50 bits per heavy atom. The van der Waals surface area contributed by atoms with Crippen molar-refractivity contribution in [2.75, 3.05) is 13.7 Å². The van der Waals surface area contributed by atoms with E-state index >= 15 is 0 Å². The molecule has 0 bridgehead atoms. The molecule has 0 fully saturated rings. The van der Waals surface area contributed by atoms with E-state index in [4.69, 9.17) is 11.6 Å². The molecule has 0 amide bonds. The highest BCUT2D eigenvalue weighted by Crippen LogP contribution is 2.23. The maximum Gasteiger partial charge on any atom is 0.422 e. The van der Waals surface area contributed by atoms with Gasteiger partial charge in [0.25, 0.3) is 0 Å². The third-order valence-corrected chi connectivity index (χ3v) is 2.08. The zero-order valence-corrected chi connectivity index (χ0v) is 10.3. The van der Waals surface area contributed by atoms with E-state index in [1.165, 1.54) is 13.2 Å². The first-order chi connectivity index (χ1) is 8.33. The van der Waals surface area contributed by atoms with Gasteiger partial charge in [-0.25, -0.2) is 4.98 Å². The third-order valence-electron chi connectivity index (χ3n) is 1.79. The Balaban J connectivity index is 2.83. The molecule has 4 nitrogen and oxygen atoms in total. The molecule has 0 spiro atoms. The van der Waals surface area contributed by atoms with Gasteiger partial charge in [0.05, 0.1) is 11.2 Å². The standard InChI is InChI=1S/C10H10ClF3N2O2/c1-6(16-17-2)9-8(11)3-7(4-15-9)18-5-10(12,13)14/h3-4H,5H2,1-2H3. The highest BCUT2D eigenvalue weighted by Gasteiger charge is 2.28. The van der Waals surface area contributed by atoms with Crippen molar-refractivity contribution >= 4 is 17.3 Å². The summed E-state index contributed by atoms with van der Waals surface area (Å²) in [6.45, 7) is 0.212. The number of ether oxygens (including phenoxy) is 1. The number of pyridine rings is 1. The van der Waals surface area contributed by atoms with Crippen LogP contribution in [0.3, 0.4) is 0 Å². The summed E-state index contributed by atoms with van der Waals surface area (Å²) in [5, 5.41) is 3.75. The van der Waals surface area contributed by atoms with Gasteiger partial charge < -0.3 is 9.57 Å². The normalized spacial score (nSPS) is 12.4. The largest absolute Gasteiger partial charge is 0.482 e. The number of aromatic nitrogens is 1. The molecule has 0 unspecified atom stereocenters. The second-order valence-corrected chi connectivity index (χ2v) is 3.67. The zero-order chi connectivity index (χ0) is 13.8. The van der Waals surface area contributed by atoms with Crippen LogP contribution < -0.4 is 4.74 Å². The maximum atomic E-state index is 11.9. The third kappa shape index (κ3) is 4.40. The maximum absolute atomic E-state index is 11.9. The molecule has 0 saturated carbocycles. The Hall–Kier alpha value is -1.50. The fourth-order valence-electron chi connectivity index (χ4n) is 1.11. The minimum absolute atomic E-state index is 0.0636. The van der Waals surface area contributed by atoms with Gasteiger partial charge in [-0.3, -0.25) is 0 Å². The quantitative estimate of drug-likeness (QED) is 0.630. The Bertz CT molecular complexity index is 449. The predicted molar refractivity (Wildman–Crippen MR) is 60.0 cm³/mol. The summed E-state index contributed by atoms with van der Waals surface area (Å²) in [6.07, 6.45) is -3.26. The van der Waals surface area contributed by atoms with Crippen molar-refractivity contribution < 1.29 is 22.7 Å². The van der Waals surface area contributed by atoms with Crippen molar-refractivity contribution in [3.63, 3.8) is 0 Å². The highest BCUT2D eigenvalue weighted by atomic mass is 35.5. The summed E-state index contributed by atoms with van der Waals surface area (Å²) < 4.78 is 40.3. The molecular weight excluding hydrogens is 273 g/mol. The molecule has 0 aromatic carbocycles. The van der Waals surface area contributed by atoms with Crippen LogP contribution in [0.5, 0.6) is 5.75 Å². The number of nitrogens with zero attached hydrogens (tertiary/aromatic N) is 2. The molecule has 1 rings (SSSR count). The second-order valence-electron chi connectivity index (χ2n) is 3.26. The van der Waals surface area contributed by atoms with E-state index in [0.29, 0.717) is 11.4 Å². The van der Waals surface area contributed by atoms with Gasteiger partial charge in [0.15, 0.2) is 6.61 Å². The van der Waals surface area contributed by atoms with Gasteiger partial charge >= 0.3 is 6.18 Å². The van der Waals surface area contributed by atoms with Crippen LogP contribution >= 0.6 is 11.6 Å². The summed E-state index contributed by atoms with van der Waals surface area (Å²) in [4.78, 5) is 8.41. The highest BCUT2D eigenvalue weighted by molar-refractivity contribution is 6.33. The fourth-order valence-corrected chi connectivity index (χ4v) is 1.40. The van der Waals surface area contributed by atoms with Crippen LogP contribution in [0.15, 0.2) is 17.4 Å². The lowest BCUT2D eigenvalue weighted by atomic mass is 10.2. The summed E-state index contributed by atoms with van der Waals surface area (Å²) in [5.74, 6) is -0.0636. The number of alkyl halides is 3. The van der Waals surface area contributed by atoms with Crippen LogP contribution in [-0.2, 0) is 4.84 Å². The van der Waals surface area contributed by atoms with Crippen molar-refractivity contribution in [1.29, 1.82) is 0 Å². The summed E-state index contributed by atoms with van der Waals surface area (Å²) in [5.41, 5.74) is 0.725. The molecule has 0 atom stereocenters. The Kier molecular flexibility index (Phi) is 4.77. The SMILES string of the molecule is CON=C(C)c1ncc(OCC(F)(F)F)cc1Cl. The zero-order valence-electron chi connectivity index (χ0n) is 9.58. The van der Waals surface area contributed by atoms with Gasteiger partial charge in [0.2, 0.25) is 0 Å². The monoisotopic (exact) mass is 282 g/mol. The van der Waals surface area contributed by atoms with Crippen LogP contribution in [-0.4, -0.2) is 30.6 Å². The summed E-state index contributed by atoms with van der Waals surface area (Å²) in [7, 11) is 1.36. The van der Waals surface area contributed by atoms with E-state index in [0.717, 1.165) is 6.20 Å². The first-order valence-corrected chi connectivity index (χ1v) is 5.14. The van der Waals surface area contributed by atoms with Crippen LogP contribution in [0.1, 0.15) is 12.6 Å². The molecule has 1 heterocycles. The second kappa shape index (κ2) is 5.90. The number of hydrogen-bond donors (Lipinski definition) is 0. The molecule has 0 aliphatic carbocycles. The molecule has 0 saturated heterocycles. The number of rotatable bonds is 4. The summed E-state index contributed by atoms with van der Waals surface area (Å²) in [6, 6.07) is 1.24. The fraction of sp³-hybridized carbons (Fsp3) is 0.400. The van der Waals surface area contributed by atoms with Gasteiger partial charge in [-0.05, 0) is 6.92 Å². The number of halogens is 4. The number of hydrogen-bond acceptors (Lipinski definition) is 4. The van der Waals surface area contributed by atoms with Gasteiger partial charge in [0, 0.05) is 6.07 Å². The lowest BCUT2D eigenvalue weighted by Crippen LogP contribution is -2.19. The van der Waals surface area contributed by atoms with Gasteiger partial charge in [-0.15, -0.1) is 0 Å². The molecule has 1 aromatic heterocycles. The summed E-state index contributed by atoms with van der Waals surface area (Å²) >= 11 is 5.85. The van der Waals surface area contributed by atoms with Crippen molar-refractivity contribution in [2.45, 2.75) is 13.1 Å². The van der Waals surface area contributed by atoms with E-state index in [2.05, 4.69) is 19.7 Å². The van der Waals surface area contributed by atoms with E-state index in [1.54, 1.807) is 6.92 Å². The number of oxime groups is 1. The van der Waals surface area contributed by atoms with Crippen LogP contribution in [0.2, 0.25) is 5.02 Å². The van der Waals surface area contributed by atoms with E-state index < -0.39 is 12.8 Å². The van der Waals surface area contributed by atoms with Gasteiger partial charge in [-0.1, -0.05) is 16.8 Å². The molecule has 0 N–H and O–H groups in total. The lowest BCUT2D eigenvalue weighted by Gasteiger charge is -2.10. The average Bonchev–Trinajstić information content (AvgIpc) is 2.25. The molecule has 0 aliphatic heterocycles. The lowest BCUT2D eigenvalue weighted by molar-refractivity contribution is -0.153. The Labute approximate surface area is 106 Å². The minimum Gasteiger partial charge on any atom is -0.482 e.